The smallest absolute Gasteiger partial charge is 0.243 e. The van der Waals surface area contributed by atoms with Crippen LogP contribution in [-0.4, -0.2) is 16.8 Å². The maximum absolute atomic E-state index is 11.1. The van der Waals surface area contributed by atoms with E-state index in [0.29, 0.717) is 6.42 Å². The fourth-order valence-electron chi connectivity index (χ4n) is 0.641. The molecule has 13 heavy (non-hydrogen) atoms. The first-order valence-electron chi connectivity index (χ1n) is 4.48. The Bertz CT molecular complexity index is 154. The van der Waals surface area contributed by atoms with Crippen LogP contribution in [0.25, 0.3) is 0 Å². The molecule has 0 saturated carbocycles. The van der Waals surface area contributed by atoms with Gasteiger partial charge in [-0.3, -0.25) is 9.63 Å². The van der Waals surface area contributed by atoms with E-state index in [9.17, 15) is 4.79 Å². The molecule has 78 valence electrons. The molecule has 0 rings (SSSR count). The van der Waals surface area contributed by atoms with Gasteiger partial charge in [-0.05, 0) is 33.6 Å². The van der Waals surface area contributed by atoms with Crippen LogP contribution in [0.5, 0.6) is 0 Å². The summed E-state index contributed by atoms with van der Waals surface area (Å²) in [5, 5.41) is 0.945. The molecule has 0 aromatic carbocycles. The van der Waals surface area contributed by atoms with Crippen LogP contribution in [0.2, 0.25) is 0 Å². The minimum atomic E-state index is -0.314. The Morgan fingerprint density at radius 1 is 1.38 bits per heavy atom. The topological polar surface area (TPSA) is 38.3 Å². The third-order valence-electron chi connectivity index (χ3n) is 1.26. The number of hydroxylamine groups is 1. The van der Waals surface area contributed by atoms with E-state index in [1.54, 1.807) is 0 Å². The second-order valence-corrected chi connectivity index (χ2v) is 4.68. The summed E-state index contributed by atoms with van der Waals surface area (Å²) in [5.41, 5.74) is 2.11. The van der Waals surface area contributed by atoms with Gasteiger partial charge in [0.15, 0.2) is 0 Å². The van der Waals surface area contributed by atoms with E-state index in [4.69, 9.17) is 4.84 Å². The van der Waals surface area contributed by atoms with Crippen LogP contribution in [0, 0.1) is 0 Å². The van der Waals surface area contributed by atoms with E-state index in [2.05, 4.69) is 21.4 Å². The highest BCUT2D eigenvalue weighted by Gasteiger charge is 2.12. The lowest BCUT2D eigenvalue weighted by molar-refractivity contribution is -0.145. The van der Waals surface area contributed by atoms with Crippen LogP contribution in [0.3, 0.4) is 0 Å². The lowest BCUT2D eigenvalue weighted by Crippen LogP contribution is -2.33. The lowest BCUT2D eigenvalue weighted by atomic mass is 10.2. The van der Waals surface area contributed by atoms with Crippen molar-refractivity contribution in [2.75, 3.05) is 5.33 Å². The van der Waals surface area contributed by atoms with Crippen molar-refractivity contribution in [1.82, 2.24) is 5.48 Å². The molecule has 0 atom stereocenters. The molecule has 0 bridgehead atoms. The highest BCUT2D eigenvalue weighted by atomic mass is 79.9. The molecule has 0 aliphatic rings. The first kappa shape index (κ1) is 12.9. The van der Waals surface area contributed by atoms with E-state index in [1.165, 1.54) is 0 Å². The van der Waals surface area contributed by atoms with Gasteiger partial charge in [-0.25, -0.2) is 5.48 Å². The van der Waals surface area contributed by atoms with Crippen LogP contribution in [0.4, 0.5) is 0 Å². The number of nitrogens with one attached hydrogen (secondary N) is 1. The normalized spacial score (nSPS) is 11.4. The van der Waals surface area contributed by atoms with Crippen molar-refractivity contribution in [2.24, 2.45) is 0 Å². The summed E-state index contributed by atoms with van der Waals surface area (Å²) >= 11 is 3.31. The van der Waals surface area contributed by atoms with Crippen LogP contribution in [-0.2, 0) is 9.63 Å². The summed E-state index contributed by atoms with van der Waals surface area (Å²) in [6.07, 6.45) is 2.44. The fourth-order valence-corrected chi connectivity index (χ4v) is 1.04. The zero-order chi connectivity index (χ0) is 10.3. The van der Waals surface area contributed by atoms with Crippen molar-refractivity contribution in [3.05, 3.63) is 0 Å². The van der Waals surface area contributed by atoms with Crippen molar-refractivity contribution in [3.8, 4) is 0 Å². The van der Waals surface area contributed by atoms with Gasteiger partial charge >= 0.3 is 0 Å². The van der Waals surface area contributed by atoms with Gasteiger partial charge in [0, 0.05) is 11.8 Å². The van der Waals surface area contributed by atoms with E-state index in [-0.39, 0.29) is 11.5 Å². The fraction of sp³-hybridized carbons (Fsp3) is 0.889. The number of amides is 1. The van der Waals surface area contributed by atoms with E-state index in [1.807, 2.05) is 20.8 Å². The Kier molecular flexibility index (Phi) is 6.33. The highest BCUT2D eigenvalue weighted by molar-refractivity contribution is 9.09. The Balaban J connectivity index is 3.41. The summed E-state index contributed by atoms with van der Waals surface area (Å²) in [6, 6.07) is 0. The van der Waals surface area contributed by atoms with Gasteiger partial charge in [0.05, 0.1) is 5.60 Å². The number of carbonyl (C=O) groups excluding carboxylic acids is 1. The Hall–Kier alpha value is -0.0900. The van der Waals surface area contributed by atoms with Gasteiger partial charge in [-0.1, -0.05) is 15.9 Å². The standard InChI is InChI=1S/C9H18BrNO2/c1-9(2,3)13-11-8(12)6-4-5-7-10/h4-7H2,1-3H3,(H,11,12). The minimum Gasteiger partial charge on any atom is -0.273 e. The number of halogens is 1. The Labute approximate surface area is 88.3 Å². The molecule has 0 saturated heterocycles. The molecule has 0 spiro atoms. The van der Waals surface area contributed by atoms with Gasteiger partial charge in [0.25, 0.3) is 0 Å². The molecule has 0 radical (unpaired) electrons. The molecule has 1 N–H and O–H groups in total. The van der Waals surface area contributed by atoms with Gasteiger partial charge in [-0.15, -0.1) is 0 Å². The maximum Gasteiger partial charge on any atom is 0.243 e. The van der Waals surface area contributed by atoms with E-state index >= 15 is 0 Å². The number of rotatable bonds is 5. The quantitative estimate of drug-likeness (QED) is 0.463. The van der Waals surface area contributed by atoms with Crippen LogP contribution < -0.4 is 5.48 Å². The molecule has 1 amide bonds. The molecule has 0 aliphatic heterocycles. The summed E-state index contributed by atoms with van der Waals surface area (Å²) in [4.78, 5) is 16.2. The average molecular weight is 252 g/mol. The van der Waals surface area contributed by atoms with Gasteiger partial charge in [0.1, 0.15) is 0 Å². The average Bonchev–Trinajstić information content (AvgIpc) is 2.00. The SMILES string of the molecule is CC(C)(C)ONC(=O)CCCCBr. The van der Waals surface area contributed by atoms with Crippen molar-refractivity contribution >= 4 is 21.8 Å². The highest BCUT2D eigenvalue weighted by Crippen LogP contribution is 2.04. The zero-order valence-electron chi connectivity index (χ0n) is 8.52. The number of hydrogen-bond donors (Lipinski definition) is 1. The van der Waals surface area contributed by atoms with Crippen LogP contribution >= 0.6 is 15.9 Å². The summed E-state index contributed by atoms with van der Waals surface area (Å²) in [5.74, 6) is -0.0455. The predicted octanol–water partition coefficient (Wildman–Crippen LogP) is 2.40. The second-order valence-electron chi connectivity index (χ2n) is 3.89. The first-order valence-corrected chi connectivity index (χ1v) is 5.60. The molecule has 4 heteroatoms. The second kappa shape index (κ2) is 6.38. The Morgan fingerprint density at radius 2 is 2.00 bits per heavy atom. The lowest BCUT2D eigenvalue weighted by Gasteiger charge is -2.18. The number of carbonyl (C=O) groups is 1. The Morgan fingerprint density at radius 3 is 2.46 bits per heavy atom. The molecule has 3 nitrogen and oxygen atoms in total. The molecule has 0 unspecified atom stereocenters. The summed E-state index contributed by atoms with van der Waals surface area (Å²) in [6.45, 7) is 5.68. The van der Waals surface area contributed by atoms with Gasteiger partial charge < -0.3 is 0 Å². The number of alkyl halides is 1. The largest absolute Gasteiger partial charge is 0.273 e. The maximum atomic E-state index is 11.1. The van der Waals surface area contributed by atoms with Crippen molar-refractivity contribution in [3.63, 3.8) is 0 Å². The van der Waals surface area contributed by atoms with Crippen LogP contribution in [0.1, 0.15) is 40.0 Å². The van der Waals surface area contributed by atoms with Crippen molar-refractivity contribution in [1.29, 1.82) is 0 Å². The van der Waals surface area contributed by atoms with E-state index < -0.39 is 0 Å². The molecule has 0 aliphatic carbocycles. The first-order chi connectivity index (χ1) is 5.95. The third kappa shape index (κ3) is 9.83. The van der Waals surface area contributed by atoms with Crippen molar-refractivity contribution < 1.29 is 9.63 Å². The summed E-state index contributed by atoms with van der Waals surface area (Å²) in [7, 11) is 0. The number of unbranched alkanes of at least 4 members (excludes halogenated alkanes) is 1. The van der Waals surface area contributed by atoms with Gasteiger partial charge in [-0.2, -0.15) is 0 Å². The molecule has 0 fully saturated rings. The van der Waals surface area contributed by atoms with E-state index in [0.717, 1.165) is 18.2 Å². The third-order valence-corrected chi connectivity index (χ3v) is 1.82. The minimum absolute atomic E-state index is 0.0455. The summed E-state index contributed by atoms with van der Waals surface area (Å²) < 4.78 is 0. The predicted molar refractivity (Wildman–Crippen MR) is 56.6 cm³/mol. The molecule has 0 aromatic rings. The molecule has 0 aromatic heterocycles. The molecular weight excluding hydrogens is 234 g/mol. The van der Waals surface area contributed by atoms with Gasteiger partial charge in [0.2, 0.25) is 5.91 Å². The van der Waals surface area contributed by atoms with Crippen LogP contribution in [0.15, 0.2) is 0 Å². The monoisotopic (exact) mass is 251 g/mol. The van der Waals surface area contributed by atoms with Crippen molar-refractivity contribution in [2.45, 2.75) is 45.6 Å². The molecule has 0 heterocycles. The number of hydrogen-bond acceptors (Lipinski definition) is 2. The zero-order valence-corrected chi connectivity index (χ0v) is 10.1. The molecular formula is C9H18BrNO2.